The number of rotatable bonds is 3. The second-order valence-electron chi connectivity index (χ2n) is 4.49. The van der Waals surface area contributed by atoms with Gasteiger partial charge in [-0.15, -0.1) is 0 Å². The number of aromatic nitrogens is 2. The molecule has 110 valence electrons. The van der Waals surface area contributed by atoms with Gasteiger partial charge in [0.05, 0.1) is 18.2 Å². The van der Waals surface area contributed by atoms with Gasteiger partial charge in [0.2, 0.25) is 0 Å². The molecule has 1 aliphatic heterocycles. The molecular formula is C14H14ClN3O2S. The molecule has 2 N–H and O–H groups in total. The molecule has 0 amide bonds. The molecule has 5 nitrogen and oxygen atoms in total. The Labute approximate surface area is 131 Å². The summed E-state index contributed by atoms with van der Waals surface area (Å²) < 4.78 is 11.3. The molecule has 0 saturated heterocycles. The van der Waals surface area contributed by atoms with Crippen LogP contribution in [0.4, 0.5) is 5.82 Å². The fourth-order valence-corrected chi connectivity index (χ4v) is 3.06. The Balaban J connectivity index is 1.79. The normalized spacial score (nSPS) is 13.8. The third kappa shape index (κ3) is 3.33. The van der Waals surface area contributed by atoms with Crippen molar-refractivity contribution in [3.8, 4) is 11.5 Å². The summed E-state index contributed by atoms with van der Waals surface area (Å²) in [6, 6.07) is 3.83. The number of benzene rings is 1. The van der Waals surface area contributed by atoms with E-state index in [0.29, 0.717) is 46.3 Å². The van der Waals surface area contributed by atoms with E-state index in [4.69, 9.17) is 26.8 Å². The van der Waals surface area contributed by atoms with Crippen LogP contribution >= 0.6 is 23.4 Å². The van der Waals surface area contributed by atoms with Gasteiger partial charge in [0.1, 0.15) is 5.03 Å². The number of halogens is 1. The number of nitrogens with two attached hydrogens (primary N) is 1. The number of anilines is 1. The van der Waals surface area contributed by atoms with Gasteiger partial charge in [0, 0.05) is 24.6 Å². The summed E-state index contributed by atoms with van der Waals surface area (Å²) in [5, 5.41) is 1.28. The first-order valence-corrected chi connectivity index (χ1v) is 7.87. The number of nitrogens with zero attached hydrogens (tertiary/aromatic N) is 2. The van der Waals surface area contributed by atoms with Crippen LogP contribution in [0.3, 0.4) is 0 Å². The molecular weight excluding hydrogens is 310 g/mol. The lowest BCUT2D eigenvalue weighted by Crippen LogP contribution is -1.97. The van der Waals surface area contributed by atoms with Crippen molar-refractivity contribution in [1.82, 2.24) is 9.97 Å². The number of fused-ring (bicyclic) bond motifs is 1. The van der Waals surface area contributed by atoms with E-state index in [0.717, 1.165) is 12.0 Å². The van der Waals surface area contributed by atoms with Crippen LogP contribution in [0.25, 0.3) is 0 Å². The molecule has 1 aromatic heterocycles. The van der Waals surface area contributed by atoms with Crippen LogP contribution in [-0.2, 0) is 5.75 Å². The van der Waals surface area contributed by atoms with Crippen LogP contribution in [0, 0.1) is 0 Å². The maximum Gasteiger partial charge on any atom is 0.179 e. The smallest absolute Gasteiger partial charge is 0.179 e. The monoisotopic (exact) mass is 323 g/mol. The van der Waals surface area contributed by atoms with Gasteiger partial charge in [0.25, 0.3) is 0 Å². The van der Waals surface area contributed by atoms with Crippen molar-refractivity contribution in [3.63, 3.8) is 0 Å². The highest BCUT2D eigenvalue weighted by molar-refractivity contribution is 7.98. The predicted octanol–water partition coefficient (Wildman–Crippen LogP) is 3.17. The second-order valence-corrected chi connectivity index (χ2v) is 5.86. The third-order valence-corrected chi connectivity index (χ3v) is 4.28. The van der Waals surface area contributed by atoms with Crippen LogP contribution in [0.2, 0.25) is 5.02 Å². The van der Waals surface area contributed by atoms with Gasteiger partial charge in [-0.3, -0.25) is 0 Å². The predicted molar refractivity (Wildman–Crippen MR) is 83.1 cm³/mol. The van der Waals surface area contributed by atoms with Gasteiger partial charge in [-0.05, 0) is 17.7 Å². The van der Waals surface area contributed by atoms with E-state index in [-0.39, 0.29) is 0 Å². The minimum atomic E-state index is 0.433. The van der Waals surface area contributed by atoms with Gasteiger partial charge in [-0.1, -0.05) is 23.4 Å². The molecule has 0 aliphatic carbocycles. The van der Waals surface area contributed by atoms with Crippen molar-refractivity contribution in [2.24, 2.45) is 0 Å². The Bertz CT molecular complexity index is 654. The Kier molecular flexibility index (Phi) is 4.36. The molecule has 21 heavy (non-hydrogen) atoms. The Hall–Kier alpha value is -1.66. The molecule has 0 spiro atoms. The molecule has 1 aliphatic rings. The van der Waals surface area contributed by atoms with Gasteiger partial charge in [0.15, 0.2) is 17.3 Å². The lowest BCUT2D eigenvalue weighted by atomic mass is 10.2. The first-order valence-electron chi connectivity index (χ1n) is 6.51. The van der Waals surface area contributed by atoms with Gasteiger partial charge >= 0.3 is 0 Å². The third-order valence-electron chi connectivity index (χ3n) is 2.93. The van der Waals surface area contributed by atoms with E-state index < -0.39 is 0 Å². The summed E-state index contributed by atoms with van der Waals surface area (Å²) in [5.41, 5.74) is 6.81. The Morgan fingerprint density at radius 3 is 2.86 bits per heavy atom. The highest BCUT2D eigenvalue weighted by Gasteiger charge is 2.16. The van der Waals surface area contributed by atoms with Crippen LogP contribution in [0.15, 0.2) is 29.6 Å². The van der Waals surface area contributed by atoms with E-state index in [9.17, 15) is 0 Å². The fraction of sp³-hybridized carbons (Fsp3) is 0.286. The van der Waals surface area contributed by atoms with Gasteiger partial charge in [-0.2, -0.15) is 0 Å². The zero-order chi connectivity index (χ0) is 14.7. The number of nitrogen functional groups attached to an aromatic ring is 1. The van der Waals surface area contributed by atoms with Crippen molar-refractivity contribution < 1.29 is 9.47 Å². The van der Waals surface area contributed by atoms with Crippen LogP contribution in [0.5, 0.6) is 11.5 Å². The summed E-state index contributed by atoms with van der Waals surface area (Å²) in [4.78, 5) is 8.22. The lowest BCUT2D eigenvalue weighted by Gasteiger charge is -2.11. The van der Waals surface area contributed by atoms with E-state index >= 15 is 0 Å². The zero-order valence-electron chi connectivity index (χ0n) is 11.2. The van der Waals surface area contributed by atoms with Crippen molar-refractivity contribution in [2.45, 2.75) is 17.2 Å². The van der Waals surface area contributed by atoms with E-state index in [1.54, 1.807) is 12.4 Å². The molecule has 0 saturated carbocycles. The molecule has 0 radical (unpaired) electrons. The summed E-state index contributed by atoms with van der Waals surface area (Å²) in [6.07, 6.45) is 4.05. The lowest BCUT2D eigenvalue weighted by molar-refractivity contribution is 0.297. The molecule has 1 aromatic carbocycles. The quantitative estimate of drug-likeness (QED) is 0.875. The number of hydrogen-bond donors (Lipinski definition) is 1. The maximum atomic E-state index is 6.27. The first-order chi connectivity index (χ1) is 10.2. The molecule has 0 unspecified atom stereocenters. The minimum Gasteiger partial charge on any atom is -0.489 e. The average Bonchev–Trinajstić information content (AvgIpc) is 2.72. The van der Waals surface area contributed by atoms with E-state index in [1.807, 2.05) is 12.1 Å². The molecule has 2 heterocycles. The topological polar surface area (TPSA) is 70.3 Å². The number of ether oxygens (including phenoxy) is 2. The minimum absolute atomic E-state index is 0.433. The molecule has 0 bridgehead atoms. The van der Waals surface area contributed by atoms with E-state index in [1.165, 1.54) is 11.8 Å². The van der Waals surface area contributed by atoms with Crippen molar-refractivity contribution in [3.05, 3.63) is 35.1 Å². The molecule has 0 atom stereocenters. The van der Waals surface area contributed by atoms with Crippen LogP contribution in [-0.4, -0.2) is 23.2 Å². The highest BCUT2D eigenvalue weighted by Crippen LogP contribution is 2.39. The molecule has 7 heteroatoms. The van der Waals surface area contributed by atoms with Crippen molar-refractivity contribution in [1.29, 1.82) is 0 Å². The van der Waals surface area contributed by atoms with E-state index in [2.05, 4.69) is 9.97 Å². The standard InChI is InChI=1S/C14H14ClN3O2S/c15-10-6-9(7-11-12(10)20-5-1-4-19-11)8-21-14-13(16)17-2-3-18-14/h2-3,6-7H,1,4-5,8H2,(H2,16,17). The van der Waals surface area contributed by atoms with Gasteiger partial charge in [-0.25, -0.2) is 9.97 Å². The summed E-state index contributed by atoms with van der Waals surface area (Å²) in [6.45, 7) is 1.26. The van der Waals surface area contributed by atoms with Gasteiger partial charge < -0.3 is 15.2 Å². The Morgan fingerprint density at radius 1 is 1.19 bits per heavy atom. The van der Waals surface area contributed by atoms with Crippen molar-refractivity contribution >= 4 is 29.2 Å². The molecule has 2 aromatic rings. The fourth-order valence-electron chi connectivity index (χ4n) is 1.97. The first kappa shape index (κ1) is 14.3. The van der Waals surface area contributed by atoms with Crippen LogP contribution in [0.1, 0.15) is 12.0 Å². The summed E-state index contributed by atoms with van der Waals surface area (Å²) in [5.74, 6) is 2.44. The Morgan fingerprint density at radius 2 is 2.00 bits per heavy atom. The van der Waals surface area contributed by atoms with Crippen LogP contribution < -0.4 is 15.2 Å². The molecule has 3 rings (SSSR count). The average molecular weight is 324 g/mol. The number of hydrogen-bond acceptors (Lipinski definition) is 6. The maximum absolute atomic E-state index is 6.27. The second kappa shape index (κ2) is 6.41. The summed E-state index contributed by atoms with van der Waals surface area (Å²) in [7, 11) is 0. The SMILES string of the molecule is Nc1nccnc1SCc1cc(Cl)c2c(c1)OCCCO2. The van der Waals surface area contributed by atoms with Crippen molar-refractivity contribution in [2.75, 3.05) is 18.9 Å². The largest absolute Gasteiger partial charge is 0.489 e. The highest BCUT2D eigenvalue weighted by atomic mass is 35.5. The summed E-state index contributed by atoms with van der Waals surface area (Å²) >= 11 is 7.78. The molecule has 0 fully saturated rings. The number of thioether (sulfide) groups is 1. The zero-order valence-corrected chi connectivity index (χ0v) is 12.8.